The van der Waals surface area contributed by atoms with Gasteiger partial charge in [-0.1, -0.05) is 10.4 Å². The summed E-state index contributed by atoms with van der Waals surface area (Å²) in [6.45, 7) is 3.70. The Morgan fingerprint density at radius 3 is 1.69 bits per heavy atom. The predicted octanol–water partition coefficient (Wildman–Crippen LogP) is -2.33. The lowest BCUT2D eigenvalue weighted by atomic mass is 10.2. The monoisotopic (exact) mass is 179 g/mol. The van der Waals surface area contributed by atoms with Crippen molar-refractivity contribution >= 4 is 7.55 Å². The largest absolute Gasteiger partial charge is 0.390 e. The summed E-state index contributed by atoms with van der Waals surface area (Å²) in [4.78, 5) is 0. The Kier molecular flexibility index (Phi) is 1.76. The zero-order valence-electron chi connectivity index (χ0n) is 7.58. The second kappa shape index (κ2) is 2.92. The molecule has 8 nitrogen and oxygen atoms in total. The number of aromatic nitrogens is 8. The summed E-state index contributed by atoms with van der Waals surface area (Å²) in [6.07, 6.45) is 0. The van der Waals surface area contributed by atoms with Crippen LogP contribution in [0.25, 0.3) is 0 Å². The van der Waals surface area contributed by atoms with Crippen LogP contribution in [0.2, 0.25) is 0 Å². The molecule has 0 radical (unpaired) electrons. The van der Waals surface area contributed by atoms with E-state index in [9.17, 15) is 0 Å². The van der Waals surface area contributed by atoms with E-state index in [-0.39, 0.29) is 0 Å². The van der Waals surface area contributed by atoms with Gasteiger partial charge in [0.25, 0.3) is 0 Å². The van der Waals surface area contributed by atoms with Crippen LogP contribution < -0.4 is 0 Å². The Balaban J connectivity index is 2.24. The Hall–Kier alpha value is -1.80. The molecule has 0 saturated heterocycles. The van der Waals surface area contributed by atoms with Crippen molar-refractivity contribution in [2.45, 2.75) is 13.8 Å². The second-order valence-corrected chi connectivity index (χ2v) is 2.90. The van der Waals surface area contributed by atoms with Crippen molar-refractivity contribution in [1.82, 2.24) is 40.2 Å². The van der Waals surface area contributed by atoms with Gasteiger partial charge < -0.3 is 9.19 Å². The third-order valence-corrected chi connectivity index (χ3v) is 2.04. The second-order valence-electron chi connectivity index (χ2n) is 2.90. The van der Waals surface area contributed by atoms with E-state index in [1.54, 1.807) is 9.19 Å². The molecule has 2 aromatic heterocycles. The summed E-state index contributed by atoms with van der Waals surface area (Å²) in [5.74, 6) is 1.57. The highest BCUT2D eigenvalue weighted by atomic mass is 15.6. The van der Waals surface area contributed by atoms with Gasteiger partial charge in [0.2, 0.25) is 7.55 Å². The minimum atomic E-state index is -0.718. The minimum absolute atomic E-state index is 0.718. The lowest BCUT2D eigenvalue weighted by Gasteiger charge is -2.09. The molecule has 0 spiro atoms. The first-order chi connectivity index (χ1) is 6.27. The Morgan fingerprint density at radius 2 is 1.38 bits per heavy atom. The van der Waals surface area contributed by atoms with Gasteiger partial charge in [-0.3, -0.25) is 0 Å². The standard InChI is InChI=1S/C4H8BN8/c1-3-6-8-10-12(3)5-13-4(2)7-9-11-13/h5H2,1-2H3/q-1. The molecular formula is C4H8BN8-. The van der Waals surface area contributed by atoms with Gasteiger partial charge in [-0.05, 0) is 24.3 Å². The molecule has 9 heteroatoms. The van der Waals surface area contributed by atoms with Crippen LogP contribution in [0.1, 0.15) is 11.6 Å². The summed E-state index contributed by atoms with van der Waals surface area (Å²) in [6, 6.07) is 0. The lowest BCUT2D eigenvalue weighted by molar-refractivity contribution is 0.777. The number of hydrogen-bond donors (Lipinski definition) is 0. The van der Waals surface area contributed by atoms with Crippen molar-refractivity contribution in [3.05, 3.63) is 11.6 Å². The normalized spacial score (nSPS) is 10.6. The summed E-state index contributed by atoms with van der Waals surface area (Å²) in [5.41, 5.74) is 0. The van der Waals surface area contributed by atoms with Crippen LogP contribution >= 0.6 is 0 Å². The molecule has 0 amide bonds. The quantitative estimate of drug-likeness (QED) is 0.480. The molecule has 0 N–H and O–H groups in total. The molecule has 0 aliphatic heterocycles. The van der Waals surface area contributed by atoms with Crippen LogP contribution in [0, 0.1) is 13.8 Å². The van der Waals surface area contributed by atoms with Gasteiger partial charge in [-0.2, -0.15) is 0 Å². The molecule has 0 bridgehead atoms. The van der Waals surface area contributed by atoms with Crippen LogP contribution in [0.15, 0.2) is 0 Å². The molecule has 0 unspecified atom stereocenters. The number of hydrogen-bond acceptors (Lipinski definition) is 6. The molecule has 0 aliphatic rings. The first-order valence-corrected chi connectivity index (χ1v) is 3.99. The van der Waals surface area contributed by atoms with Crippen LogP contribution in [0.5, 0.6) is 0 Å². The highest BCUT2D eigenvalue weighted by Gasteiger charge is 1.98. The lowest BCUT2D eigenvalue weighted by Crippen LogP contribution is -2.22. The summed E-state index contributed by atoms with van der Waals surface area (Å²) < 4.78 is 3.48. The van der Waals surface area contributed by atoms with E-state index in [0.29, 0.717) is 0 Å². The molecule has 0 saturated carbocycles. The highest BCUT2D eigenvalue weighted by Crippen LogP contribution is 1.88. The van der Waals surface area contributed by atoms with Gasteiger partial charge in [-0.15, -0.1) is 10.2 Å². The number of aryl methyl sites for hydroxylation is 2. The average Bonchev–Trinajstić information content (AvgIpc) is 2.65. The van der Waals surface area contributed by atoms with Gasteiger partial charge in [0, 0.05) is 0 Å². The first kappa shape index (κ1) is 7.83. The van der Waals surface area contributed by atoms with Crippen LogP contribution in [0.3, 0.4) is 0 Å². The molecule has 0 aliphatic carbocycles. The maximum Gasteiger partial charge on any atom is 0.207 e. The van der Waals surface area contributed by atoms with E-state index >= 15 is 0 Å². The Morgan fingerprint density at radius 1 is 0.923 bits per heavy atom. The predicted molar refractivity (Wildman–Crippen MR) is 44.4 cm³/mol. The Bertz CT molecular complexity index is 365. The molecular weight excluding hydrogens is 171 g/mol. The molecule has 0 aromatic carbocycles. The van der Waals surface area contributed by atoms with Gasteiger partial charge >= 0.3 is 0 Å². The zero-order valence-corrected chi connectivity index (χ0v) is 7.58. The third kappa shape index (κ3) is 1.39. The maximum atomic E-state index is 3.83. The Labute approximate surface area is 74.2 Å². The number of rotatable bonds is 2. The molecule has 2 heterocycles. The van der Waals surface area contributed by atoms with Gasteiger partial charge in [0.15, 0.2) is 0 Å². The molecule has 68 valence electrons. The third-order valence-electron chi connectivity index (χ3n) is 2.04. The zero-order chi connectivity index (χ0) is 9.26. The average molecular weight is 179 g/mol. The minimum Gasteiger partial charge on any atom is -0.390 e. The fraction of sp³-hybridized carbons (Fsp3) is 0.500. The molecule has 0 atom stereocenters. The molecule has 0 fully saturated rings. The van der Waals surface area contributed by atoms with Crippen LogP contribution in [-0.4, -0.2) is 47.8 Å². The van der Waals surface area contributed by atoms with E-state index in [4.69, 9.17) is 0 Å². The van der Waals surface area contributed by atoms with Crippen molar-refractivity contribution in [2.75, 3.05) is 0 Å². The van der Waals surface area contributed by atoms with Crippen molar-refractivity contribution in [1.29, 1.82) is 0 Å². The fourth-order valence-corrected chi connectivity index (χ4v) is 1.10. The smallest absolute Gasteiger partial charge is 0.207 e. The van der Waals surface area contributed by atoms with E-state index in [1.165, 1.54) is 0 Å². The van der Waals surface area contributed by atoms with E-state index in [1.807, 2.05) is 13.8 Å². The van der Waals surface area contributed by atoms with Gasteiger partial charge in [0.1, 0.15) is 11.6 Å². The van der Waals surface area contributed by atoms with Crippen LogP contribution in [-0.2, 0) is 0 Å². The summed E-state index contributed by atoms with van der Waals surface area (Å²) in [5, 5.41) is 22.3. The SMILES string of the molecule is Cc1nnnn1[BH2-]n1nnnc1C. The van der Waals surface area contributed by atoms with Crippen molar-refractivity contribution in [2.24, 2.45) is 0 Å². The van der Waals surface area contributed by atoms with Crippen molar-refractivity contribution in [3.8, 4) is 0 Å². The van der Waals surface area contributed by atoms with Gasteiger partial charge in [-0.25, -0.2) is 0 Å². The maximum absolute atomic E-state index is 3.83. The molecule has 2 aromatic rings. The van der Waals surface area contributed by atoms with Crippen molar-refractivity contribution < 1.29 is 0 Å². The topological polar surface area (TPSA) is 87.2 Å². The highest BCUT2D eigenvalue weighted by molar-refractivity contribution is 6.30. The van der Waals surface area contributed by atoms with E-state index in [2.05, 4.69) is 31.1 Å². The van der Waals surface area contributed by atoms with E-state index in [0.717, 1.165) is 11.6 Å². The van der Waals surface area contributed by atoms with Crippen molar-refractivity contribution in [3.63, 3.8) is 0 Å². The van der Waals surface area contributed by atoms with Crippen LogP contribution in [0.4, 0.5) is 0 Å². The van der Waals surface area contributed by atoms with Gasteiger partial charge in [0.05, 0.1) is 0 Å². The number of tetrazole rings is 2. The fourth-order valence-electron chi connectivity index (χ4n) is 1.10. The summed E-state index contributed by atoms with van der Waals surface area (Å²) >= 11 is 0. The molecule has 13 heavy (non-hydrogen) atoms. The first-order valence-electron chi connectivity index (χ1n) is 3.99. The summed E-state index contributed by atoms with van der Waals surface area (Å²) in [7, 11) is -0.718. The van der Waals surface area contributed by atoms with E-state index < -0.39 is 7.55 Å². The molecule has 2 rings (SSSR count). The number of nitrogens with zero attached hydrogens (tertiary/aromatic N) is 8.